The molecule has 0 saturated heterocycles. The Hall–Kier alpha value is -2.80. The molecule has 1 atom stereocenters. The van der Waals surface area contributed by atoms with Gasteiger partial charge in [-0.3, -0.25) is 9.78 Å². The molecule has 0 saturated carbocycles. The highest BCUT2D eigenvalue weighted by Gasteiger charge is 2.31. The number of carbonyl (C=O) groups is 1. The first-order valence-corrected chi connectivity index (χ1v) is 8.84. The second-order valence-corrected chi connectivity index (χ2v) is 6.35. The lowest BCUT2D eigenvalue weighted by Crippen LogP contribution is -2.41. The van der Waals surface area contributed by atoms with Crippen LogP contribution in [0.15, 0.2) is 36.5 Å². The summed E-state index contributed by atoms with van der Waals surface area (Å²) < 4.78 is 7.51. The molecule has 1 aliphatic heterocycles. The molecule has 1 unspecified atom stereocenters. The van der Waals surface area contributed by atoms with Crippen molar-refractivity contribution in [3.05, 3.63) is 53.7 Å². The summed E-state index contributed by atoms with van der Waals surface area (Å²) in [5.41, 5.74) is 1.48. The third-order valence-electron chi connectivity index (χ3n) is 4.80. The Bertz CT molecular complexity index is 952. The first-order valence-electron chi connectivity index (χ1n) is 8.84. The number of pyridine rings is 1. The minimum absolute atomic E-state index is 0.0311. The van der Waals surface area contributed by atoms with Crippen LogP contribution >= 0.6 is 0 Å². The van der Waals surface area contributed by atoms with Crippen LogP contribution in [0, 0.1) is 0 Å². The van der Waals surface area contributed by atoms with E-state index in [4.69, 9.17) is 4.74 Å². The molecule has 3 aromatic rings. The fourth-order valence-electron chi connectivity index (χ4n) is 3.37. The molecular weight excluding hydrogens is 330 g/mol. The number of hydrogen-bond acceptors (Lipinski definition) is 5. The van der Waals surface area contributed by atoms with E-state index in [0.717, 1.165) is 22.6 Å². The SMILES string of the molecule is CCOCc1nnc2n1CCN(C(=O)c1cnc3ccccc3c1)C2C. The smallest absolute Gasteiger partial charge is 0.256 e. The van der Waals surface area contributed by atoms with Gasteiger partial charge in [0.2, 0.25) is 0 Å². The van der Waals surface area contributed by atoms with E-state index in [2.05, 4.69) is 19.7 Å². The molecule has 0 bridgehead atoms. The van der Waals surface area contributed by atoms with Crippen molar-refractivity contribution in [2.45, 2.75) is 33.0 Å². The summed E-state index contributed by atoms with van der Waals surface area (Å²) in [7, 11) is 0. The molecule has 1 aliphatic rings. The van der Waals surface area contributed by atoms with Gasteiger partial charge in [-0.25, -0.2) is 0 Å². The van der Waals surface area contributed by atoms with Crippen LogP contribution in [0.5, 0.6) is 0 Å². The highest BCUT2D eigenvalue weighted by Crippen LogP contribution is 2.26. The van der Waals surface area contributed by atoms with E-state index >= 15 is 0 Å². The van der Waals surface area contributed by atoms with Crippen molar-refractivity contribution in [3.8, 4) is 0 Å². The standard InChI is InChI=1S/C19H21N5O2/c1-3-26-12-17-21-22-18-13(2)23(8-9-24(17)18)19(25)15-10-14-6-4-5-7-16(14)20-11-15/h4-7,10-11,13H,3,8-9,12H2,1-2H3. The number of para-hydroxylation sites is 1. The summed E-state index contributed by atoms with van der Waals surface area (Å²) in [4.78, 5) is 19.3. The summed E-state index contributed by atoms with van der Waals surface area (Å²) in [5, 5.41) is 9.48. The highest BCUT2D eigenvalue weighted by atomic mass is 16.5. The van der Waals surface area contributed by atoms with Crippen molar-refractivity contribution in [1.29, 1.82) is 0 Å². The van der Waals surface area contributed by atoms with Gasteiger partial charge < -0.3 is 14.2 Å². The Morgan fingerprint density at radius 3 is 2.96 bits per heavy atom. The van der Waals surface area contributed by atoms with Gasteiger partial charge in [0.1, 0.15) is 6.61 Å². The number of benzene rings is 1. The van der Waals surface area contributed by atoms with Crippen LogP contribution in [0.4, 0.5) is 0 Å². The third-order valence-corrected chi connectivity index (χ3v) is 4.80. The van der Waals surface area contributed by atoms with Crippen LogP contribution in [0.25, 0.3) is 10.9 Å². The largest absolute Gasteiger partial charge is 0.374 e. The number of carbonyl (C=O) groups excluding carboxylic acids is 1. The number of nitrogens with zero attached hydrogens (tertiary/aromatic N) is 5. The number of fused-ring (bicyclic) bond motifs is 2. The van der Waals surface area contributed by atoms with E-state index in [9.17, 15) is 4.79 Å². The van der Waals surface area contributed by atoms with Crippen LogP contribution in [0.3, 0.4) is 0 Å². The molecule has 134 valence electrons. The van der Waals surface area contributed by atoms with E-state index < -0.39 is 0 Å². The van der Waals surface area contributed by atoms with Crippen LogP contribution in [0.2, 0.25) is 0 Å². The van der Waals surface area contributed by atoms with Gasteiger partial charge in [0, 0.05) is 31.3 Å². The van der Waals surface area contributed by atoms with Crippen molar-refractivity contribution in [1.82, 2.24) is 24.6 Å². The highest BCUT2D eigenvalue weighted by molar-refractivity contribution is 5.97. The zero-order valence-corrected chi connectivity index (χ0v) is 14.9. The molecule has 26 heavy (non-hydrogen) atoms. The van der Waals surface area contributed by atoms with Gasteiger partial charge in [-0.05, 0) is 26.0 Å². The molecule has 1 amide bonds. The zero-order chi connectivity index (χ0) is 18.1. The molecule has 4 rings (SSSR count). The van der Waals surface area contributed by atoms with Crippen LogP contribution < -0.4 is 0 Å². The molecule has 0 fully saturated rings. The van der Waals surface area contributed by atoms with Crippen LogP contribution in [-0.2, 0) is 17.9 Å². The van der Waals surface area contributed by atoms with Gasteiger partial charge in [0.05, 0.1) is 17.1 Å². The van der Waals surface area contributed by atoms with Crippen molar-refractivity contribution in [2.75, 3.05) is 13.2 Å². The molecule has 1 aromatic carbocycles. The van der Waals surface area contributed by atoms with Crippen LogP contribution in [-0.4, -0.2) is 43.7 Å². The molecule has 7 heteroatoms. The second kappa shape index (κ2) is 6.84. The topological polar surface area (TPSA) is 73.1 Å². The number of aromatic nitrogens is 4. The Balaban J connectivity index is 1.59. The lowest BCUT2D eigenvalue weighted by atomic mass is 10.1. The van der Waals surface area contributed by atoms with Crippen molar-refractivity contribution in [2.24, 2.45) is 0 Å². The summed E-state index contributed by atoms with van der Waals surface area (Å²) in [6.07, 6.45) is 1.65. The van der Waals surface area contributed by atoms with Crippen molar-refractivity contribution >= 4 is 16.8 Å². The molecule has 2 aromatic heterocycles. The zero-order valence-electron chi connectivity index (χ0n) is 14.9. The van der Waals surface area contributed by atoms with Gasteiger partial charge in [0.25, 0.3) is 5.91 Å². The van der Waals surface area contributed by atoms with E-state index in [-0.39, 0.29) is 11.9 Å². The van der Waals surface area contributed by atoms with Gasteiger partial charge in [-0.2, -0.15) is 0 Å². The van der Waals surface area contributed by atoms with E-state index in [0.29, 0.717) is 31.9 Å². The molecule has 0 spiro atoms. The predicted molar refractivity (Wildman–Crippen MR) is 96.5 cm³/mol. The summed E-state index contributed by atoms with van der Waals surface area (Å²) in [6.45, 7) is 6.29. The van der Waals surface area contributed by atoms with E-state index in [1.165, 1.54) is 0 Å². The predicted octanol–water partition coefficient (Wildman–Crippen LogP) is 2.58. The van der Waals surface area contributed by atoms with Crippen molar-refractivity contribution in [3.63, 3.8) is 0 Å². The fraction of sp³-hybridized carbons (Fsp3) is 0.368. The molecule has 3 heterocycles. The number of rotatable bonds is 4. The summed E-state index contributed by atoms with van der Waals surface area (Å²) in [5.74, 6) is 1.58. The van der Waals surface area contributed by atoms with Gasteiger partial charge in [-0.1, -0.05) is 18.2 Å². The molecule has 0 N–H and O–H groups in total. The summed E-state index contributed by atoms with van der Waals surface area (Å²) in [6, 6.07) is 9.55. The van der Waals surface area contributed by atoms with Gasteiger partial charge in [0.15, 0.2) is 11.6 Å². The Kier molecular flexibility index (Phi) is 4.38. The van der Waals surface area contributed by atoms with Crippen LogP contribution in [0.1, 0.15) is 41.9 Å². The fourth-order valence-corrected chi connectivity index (χ4v) is 3.37. The maximum Gasteiger partial charge on any atom is 0.256 e. The molecular formula is C19H21N5O2. The maximum absolute atomic E-state index is 13.0. The third kappa shape index (κ3) is 2.84. The van der Waals surface area contributed by atoms with E-state index in [1.807, 2.05) is 49.1 Å². The minimum Gasteiger partial charge on any atom is -0.374 e. The lowest BCUT2D eigenvalue weighted by molar-refractivity contribution is 0.0629. The Morgan fingerprint density at radius 2 is 2.12 bits per heavy atom. The Labute approximate surface area is 151 Å². The van der Waals surface area contributed by atoms with Crippen molar-refractivity contribution < 1.29 is 9.53 Å². The lowest BCUT2D eigenvalue weighted by Gasteiger charge is -2.33. The monoisotopic (exact) mass is 351 g/mol. The average molecular weight is 351 g/mol. The van der Waals surface area contributed by atoms with Gasteiger partial charge >= 0.3 is 0 Å². The summed E-state index contributed by atoms with van der Waals surface area (Å²) >= 11 is 0. The number of hydrogen-bond donors (Lipinski definition) is 0. The number of ether oxygens (including phenoxy) is 1. The van der Waals surface area contributed by atoms with Gasteiger partial charge in [-0.15, -0.1) is 10.2 Å². The normalized spacial score (nSPS) is 16.7. The quantitative estimate of drug-likeness (QED) is 0.722. The average Bonchev–Trinajstić information content (AvgIpc) is 3.09. The molecule has 0 aliphatic carbocycles. The first-order chi connectivity index (χ1) is 12.7. The molecule has 0 radical (unpaired) electrons. The van der Waals surface area contributed by atoms with E-state index in [1.54, 1.807) is 6.20 Å². The first kappa shape index (κ1) is 16.7. The number of amides is 1. The minimum atomic E-state index is -0.148. The maximum atomic E-state index is 13.0. The Morgan fingerprint density at radius 1 is 1.27 bits per heavy atom. The second-order valence-electron chi connectivity index (χ2n) is 6.35. The molecule has 7 nitrogen and oxygen atoms in total.